The Morgan fingerprint density at radius 2 is 0.900 bits per heavy atom. The quantitative estimate of drug-likeness (QED) is 0.209. The summed E-state index contributed by atoms with van der Waals surface area (Å²) < 4.78 is 36.6. The summed E-state index contributed by atoms with van der Waals surface area (Å²) in [6.45, 7) is 2.72. The van der Waals surface area contributed by atoms with Crippen LogP contribution in [0.3, 0.4) is 0 Å². The number of para-hydroxylation sites is 4. The highest BCUT2D eigenvalue weighted by Gasteiger charge is 2.52. The average molecular weight is 677 g/mol. The smallest absolute Gasteiger partial charge is 0.266 e. The van der Waals surface area contributed by atoms with Gasteiger partial charge < -0.3 is 38.2 Å². The first-order valence-electron chi connectivity index (χ1n) is 17.0. The molecule has 50 heavy (non-hydrogen) atoms. The molecule has 2 unspecified atom stereocenters. The summed E-state index contributed by atoms with van der Waals surface area (Å²) in [6.07, 6.45) is 2.42. The first kappa shape index (κ1) is 33.2. The Balaban J connectivity index is 1.09. The Morgan fingerprint density at radius 1 is 0.500 bits per heavy atom. The minimum Gasteiger partial charge on any atom is -0.489 e. The topological polar surface area (TPSA) is 96.0 Å². The summed E-state index contributed by atoms with van der Waals surface area (Å²) in [5.74, 6) is 2.38. The van der Waals surface area contributed by atoms with E-state index in [-0.39, 0.29) is 23.9 Å². The van der Waals surface area contributed by atoms with Gasteiger partial charge >= 0.3 is 0 Å². The van der Waals surface area contributed by atoms with Crippen LogP contribution in [0.4, 0.5) is 0 Å². The molecule has 3 heterocycles. The molecule has 0 aromatic heterocycles. The van der Waals surface area contributed by atoms with Crippen molar-refractivity contribution >= 4 is 11.8 Å². The van der Waals surface area contributed by atoms with Gasteiger partial charge in [-0.2, -0.15) is 0 Å². The van der Waals surface area contributed by atoms with Gasteiger partial charge in [-0.25, -0.2) is 0 Å². The highest BCUT2D eigenvalue weighted by molar-refractivity contribution is 5.90. The highest BCUT2D eigenvalue weighted by atomic mass is 16.5. The number of hydrogen-bond acceptors (Lipinski definition) is 8. The number of β-lactam (4-membered cyclic amide) rings is 2. The Labute approximate surface area is 291 Å². The average Bonchev–Trinajstić information content (AvgIpc) is 3.16. The lowest BCUT2D eigenvalue weighted by Crippen LogP contribution is -2.62. The number of benzene rings is 4. The van der Waals surface area contributed by atoms with E-state index in [0.717, 1.165) is 11.1 Å². The van der Waals surface area contributed by atoms with Gasteiger partial charge in [0.2, 0.25) is 12.2 Å². The van der Waals surface area contributed by atoms with Crippen molar-refractivity contribution in [1.82, 2.24) is 9.80 Å². The van der Waals surface area contributed by atoms with Gasteiger partial charge in [-0.1, -0.05) is 72.8 Å². The molecule has 4 aromatic carbocycles. The number of rotatable bonds is 4. The number of nitrogens with zero attached hydrogens (tertiary/aromatic N) is 2. The molecule has 3 aliphatic heterocycles. The van der Waals surface area contributed by atoms with Crippen LogP contribution >= 0.6 is 0 Å². The molecule has 0 spiro atoms. The third kappa shape index (κ3) is 7.31. The summed E-state index contributed by atoms with van der Waals surface area (Å²) in [5.41, 5.74) is 1.73. The highest BCUT2D eigenvalue weighted by Crippen LogP contribution is 2.42. The van der Waals surface area contributed by atoms with Gasteiger partial charge in [-0.05, 0) is 48.6 Å². The summed E-state index contributed by atoms with van der Waals surface area (Å²) in [6, 6.07) is 33.5. The Bertz CT molecular complexity index is 1640. The number of carbonyl (C=O) groups is 2. The normalized spacial score (nSPS) is 23.7. The molecule has 10 nitrogen and oxygen atoms in total. The largest absolute Gasteiger partial charge is 0.489 e. The molecule has 2 fully saturated rings. The minimum absolute atomic E-state index is 0.108. The molecule has 258 valence electrons. The van der Waals surface area contributed by atoms with Crippen LogP contribution in [0, 0.1) is 0 Å². The predicted octanol–water partition coefficient (Wildman–Crippen LogP) is 5.41. The van der Waals surface area contributed by atoms with Crippen molar-refractivity contribution < 1.29 is 38.0 Å². The molecular formula is C40H40N2O8. The second kappa shape index (κ2) is 15.9. The van der Waals surface area contributed by atoms with Crippen molar-refractivity contribution in [2.24, 2.45) is 0 Å². The van der Waals surface area contributed by atoms with E-state index in [1.165, 1.54) is 0 Å². The van der Waals surface area contributed by atoms with Crippen molar-refractivity contribution in [1.29, 1.82) is 0 Å². The Kier molecular flexibility index (Phi) is 10.6. The van der Waals surface area contributed by atoms with Crippen molar-refractivity contribution in [3.05, 3.63) is 132 Å². The van der Waals surface area contributed by atoms with Crippen LogP contribution in [0.2, 0.25) is 0 Å². The van der Waals surface area contributed by atoms with Gasteiger partial charge in [0.1, 0.15) is 48.3 Å². The first-order chi connectivity index (χ1) is 24.7. The van der Waals surface area contributed by atoms with Crippen LogP contribution in [0.5, 0.6) is 23.0 Å². The zero-order valence-corrected chi connectivity index (χ0v) is 27.7. The third-order valence-corrected chi connectivity index (χ3v) is 8.95. The van der Waals surface area contributed by atoms with Crippen molar-refractivity contribution in [2.75, 3.05) is 52.7 Å². The van der Waals surface area contributed by atoms with Crippen LogP contribution in [0.25, 0.3) is 0 Å². The molecule has 3 aliphatic rings. The number of hydrogen-bond donors (Lipinski definition) is 0. The van der Waals surface area contributed by atoms with E-state index in [9.17, 15) is 9.59 Å². The fourth-order valence-electron chi connectivity index (χ4n) is 6.49. The van der Waals surface area contributed by atoms with Crippen LogP contribution in [0.1, 0.15) is 23.2 Å². The lowest BCUT2D eigenvalue weighted by atomic mass is 9.89. The fraction of sp³-hybridized carbons (Fsp3) is 0.300. The minimum atomic E-state index is -0.689. The SMILES string of the molecule is O=C1C(Oc2ccccc2)C2c3ccccc3OC/C=C\COc3ccccc3[C@H]3[C@@H](Oc4ccccc4)C(=O)N3CCOCCOCCN12. The van der Waals surface area contributed by atoms with E-state index in [1.807, 2.05) is 121 Å². The van der Waals surface area contributed by atoms with Gasteiger partial charge in [-0.15, -0.1) is 0 Å². The Hall–Kier alpha value is -5.32. The molecular weight excluding hydrogens is 636 g/mol. The maximum atomic E-state index is 13.4. The lowest BCUT2D eigenvalue weighted by Gasteiger charge is -2.47. The van der Waals surface area contributed by atoms with Gasteiger partial charge in [0, 0.05) is 24.2 Å². The molecule has 0 aliphatic carbocycles. The maximum absolute atomic E-state index is 13.4. The van der Waals surface area contributed by atoms with E-state index in [2.05, 4.69) is 0 Å². The summed E-state index contributed by atoms with van der Waals surface area (Å²) in [7, 11) is 0. The van der Waals surface area contributed by atoms with Gasteiger partial charge in [0.25, 0.3) is 11.8 Å². The molecule has 10 heteroatoms. The number of carbonyl (C=O) groups excluding carboxylic acids is 2. The molecule has 0 bridgehead atoms. The standard InChI is InChI=1S/C40H40N2O8/c43-39-37(49-29-13-3-1-4-14-29)35-31-17-7-9-19-33(31)47-23-11-12-24-48-34-20-10-8-18-32(34)36-38(50-30-15-5-2-6-16-30)40(44)42(36)22-26-46-28-27-45-25-21-41(35)39/h1-20,35-38H,21-28H2/b12-11-/t35-,36?,37+,38?/m0/s1. The van der Waals surface area contributed by atoms with Gasteiger partial charge in [0.05, 0.1) is 26.4 Å². The van der Waals surface area contributed by atoms with E-state index in [1.54, 1.807) is 9.80 Å². The van der Waals surface area contributed by atoms with Crippen LogP contribution in [-0.2, 0) is 19.1 Å². The van der Waals surface area contributed by atoms with Crippen molar-refractivity contribution in [3.8, 4) is 23.0 Å². The number of ether oxygens (including phenoxy) is 6. The van der Waals surface area contributed by atoms with Crippen LogP contribution in [-0.4, -0.2) is 86.6 Å². The molecule has 4 aromatic rings. The second-order valence-electron chi connectivity index (χ2n) is 12.0. The fourth-order valence-corrected chi connectivity index (χ4v) is 6.49. The molecule has 0 radical (unpaired) electrons. The van der Waals surface area contributed by atoms with E-state index in [4.69, 9.17) is 28.4 Å². The Morgan fingerprint density at radius 3 is 1.34 bits per heavy atom. The zero-order chi connectivity index (χ0) is 34.1. The van der Waals surface area contributed by atoms with Crippen molar-refractivity contribution in [2.45, 2.75) is 24.3 Å². The van der Waals surface area contributed by atoms with E-state index in [0.29, 0.717) is 75.7 Å². The molecule has 0 N–H and O–H groups in total. The molecule has 2 saturated heterocycles. The number of amides is 2. The third-order valence-electron chi connectivity index (χ3n) is 8.95. The molecule has 2 amide bonds. The predicted molar refractivity (Wildman–Crippen MR) is 185 cm³/mol. The lowest BCUT2D eigenvalue weighted by molar-refractivity contribution is -0.166. The van der Waals surface area contributed by atoms with E-state index < -0.39 is 12.2 Å². The van der Waals surface area contributed by atoms with Crippen LogP contribution in [0.15, 0.2) is 121 Å². The first-order valence-corrected chi connectivity index (χ1v) is 17.0. The maximum Gasteiger partial charge on any atom is 0.266 e. The number of fused-ring (bicyclic) bond motifs is 6. The van der Waals surface area contributed by atoms with Crippen LogP contribution < -0.4 is 18.9 Å². The van der Waals surface area contributed by atoms with Gasteiger partial charge in [0.15, 0.2) is 0 Å². The van der Waals surface area contributed by atoms with E-state index >= 15 is 0 Å². The molecule has 4 atom stereocenters. The van der Waals surface area contributed by atoms with Gasteiger partial charge in [-0.3, -0.25) is 9.59 Å². The molecule has 7 rings (SSSR count). The summed E-state index contributed by atoms with van der Waals surface area (Å²) in [4.78, 5) is 30.3. The monoisotopic (exact) mass is 676 g/mol. The molecule has 0 saturated carbocycles. The summed E-state index contributed by atoms with van der Waals surface area (Å²) in [5, 5.41) is 0. The van der Waals surface area contributed by atoms with Crippen molar-refractivity contribution in [3.63, 3.8) is 0 Å². The summed E-state index contributed by atoms with van der Waals surface area (Å²) >= 11 is 0. The second-order valence-corrected chi connectivity index (χ2v) is 12.0. The zero-order valence-electron chi connectivity index (χ0n) is 27.7.